The fraction of sp³-hybridized carbons (Fsp3) is 0.818. The zero-order valence-electron chi connectivity index (χ0n) is 10.9. The molecule has 0 aromatic carbocycles. The predicted molar refractivity (Wildman–Crippen MR) is 68.2 cm³/mol. The number of amides is 2. The number of hydrogen-bond acceptors (Lipinski definition) is 4. The standard InChI is InChI=1S/C11H19N3O4S/c1-8-4-6-14(7-5-8)19(17,18)13-9-2-3-10(15)12-11(9)16/h8-9,13H,2-7H2,1H3,(H,12,15,16). The number of carbonyl (C=O) groups is 2. The molecule has 108 valence electrons. The van der Waals surface area contributed by atoms with Gasteiger partial charge in [-0.25, -0.2) is 0 Å². The number of carbonyl (C=O) groups excluding carboxylic acids is 2. The molecule has 2 N–H and O–H groups in total. The Kier molecular flexibility index (Phi) is 4.22. The van der Waals surface area contributed by atoms with E-state index >= 15 is 0 Å². The van der Waals surface area contributed by atoms with E-state index in [2.05, 4.69) is 17.0 Å². The van der Waals surface area contributed by atoms with Gasteiger partial charge in [0.2, 0.25) is 11.8 Å². The summed E-state index contributed by atoms with van der Waals surface area (Å²) in [5, 5.41) is 2.14. The minimum Gasteiger partial charge on any atom is -0.295 e. The molecule has 0 aliphatic carbocycles. The van der Waals surface area contributed by atoms with Crippen molar-refractivity contribution in [1.29, 1.82) is 0 Å². The van der Waals surface area contributed by atoms with Gasteiger partial charge in [0, 0.05) is 19.5 Å². The number of rotatable bonds is 3. The Balaban J connectivity index is 1.97. The van der Waals surface area contributed by atoms with Gasteiger partial charge in [-0.1, -0.05) is 6.92 Å². The zero-order valence-corrected chi connectivity index (χ0v) is 11.7. The van der Waals surface area contributed by atoms with Crippen molar-refractivity contribution in [2.75, 3.05) is 13.1 Å². The van der Waals surface area contributed by atoms with Crippen LogP contribution in [0.15, 0.2) is 0 Å². The molecular formula is C11H19N3O4S. The fourth-order valence-electron chi connectivity index (χ4n) is 2.29. The summed E-state index contributed by atoms with van der Waals surface area (Å²) in [6.45, 7) is 3.05. The molecule has 0 bridgehead atoms. The highest BCUT2D eigenvalue weighted by atomic mass is 32.2. The SMILES string of the molecule is CC1CCN(S(=O)(=O)NC2CCC(=O)NC2=O)CC1. The van der Waals surface area contributed by atoms with E-state index in [9.17, 15) is 18.0 Å². The second kappa shape index (κ2) is 5.56. The lowest BCUT2D eigenvalue weighted by Crippen LogP contribution is -2.56. The monoisotopic (exact) mass is 289 g/mol. The zero-order chi connectivity index (χ0) is 14.0. The Morgan fingerprint density at radius 2 is 1.84 bits per heavy atom. The number of nitrogens with zero attached hydrogens (tertiary/aromatic N) is 1. The van der Waals surface area contributed by atoms with Crippen LogP contribution in [-0.2, 0) is 19.8 Å². The molecule has 8 heteroatoms. The summed E-state index contributed by atoms with van der Waals surface area (Å²) >= 11 is 0. The first-order valence-corrected chi connectivity index (χ1v) is 7.93. The lowest BCUT2D eigenvalue weighted by atomic mass is 10.0. The lowest BCUT2D eigenvalue weighted by molar-refractivity contribution is -0.134. The van der Waals surface area contributed by atoms with Gasteiger partial charge in [-0.3, -0.25) is 14.9 Å². The Labute approximate surface area is 112 Å². The van der Waals surface area contributed by atoms with E-state index < -0.39 is 22.2 Å². The maximum absolute atomic E-state index is 12.1. The molecule has 1 atom stereocenters. The van der Waals surface area contributed by atoms with Gasteiger partial charge in [0.05, 0.1) is 0 Å². The summed E-state index contributed by atoms with van der Waals surface area (Å²) in [6, 6.07) is -0.845. The third-order valence-electron chi connectivity index (χ3n) is 3.61. The van der Waals surface area contributed by atoms with Gasteiger partial charge in [-0.05, 0) is 25.2 Å². The molecular weight excluding hydrogens is 270 g/mol. The first-order valence-electron chi connectivity index (χ1n) is 6.49. The van der Waals surface area contributed by atoms with E-state index in [1.54, 1.807) is 0 Å². The molecule has 0 saturated carbocycles. The average Bonchev–Trinajstić information content (AvgIpc) is 2.33. The maximum Gasteiger partial charge on any atom is 0.280 e. The van der Waals surface area contributed by atoms with Crippen LogP contribution in [0, 0.1) is 5.92 Å². The summed E-state index contributed by atoms with van der Waals surface area (Å²) in [5.41, 5.74) is 0. The number of imide groups is 1. The van der Waals surface area contributed by atoms with Gasteiger partial charge >= 0.3 is 0 Å². The first-order chi connectivity index (χ1) is 8.88. The number of hydrogen-bond donors (Lipinski definition) is 2. The Bertz CT molecular complexity index is 468. The first kappa shape index (κ1) is 14.4. The van der Waals surface area contributed by atoms with Gasteiger partial charge in [-0.15, -0.1) is 0 Å². The van der Waals surface area contributed by atoms with Gasteiger partial charge in [0.25, 0.3) is 10.2 Å². The van der Waals surface area contributed by atoms with Crippen LogP contribution in [0.1, 0.15) is 32.6 Å². The predicted octanol–water partition coefficient (Wildman–Crippen LogP) is -0.642. The molecule has 0 spiro atoms. The molecule has 2 rings (SSSR count). The largest absolute Gasteiger partial charge is 0.295 e. The van der Waals surface area contributed by atoms with E-state index in [1.165, 1.54) is 4.31 Å². The molecule has 0 radical (unpaired) electrons. The quantitative estimate of drug-likeness (QED) is 0.675. The smallest absolute Gasteiger partial charge is 0.280 e. The molecule has 1 unspecified atom stereocenters. The van der Waals surface area contributed by atoms with E-state index in [0.717, 1.165) is 12.8 Å². The second-order valence-electron chi connectivity index (χ2n) is 5.21. The number of piperidine rings is 2. The summed E-state index contributed by atoms with van der Waals surface area (Å²) < 4.78 is 28.0. The molecule has 0 aromatic rings. The minimum atomic E-state index is -3.65. The highest BCUT2D eigenvalue weighted by molar-refractivity contribution is 7.87. The van der Waals surface area contributed by atoms with Crippen molar-refractivity contribution in [1.82, 2.24) is 14.3 Å². The van der Waals surface area contributed by atoms with E-state index in [0.29, 0.717) is 19.0 Å². The van der Waals surface area contributed by atoms with Crippen molar-refractivity contribution >= 4 is 22.0 Å². The topological polar surface area (TPSA) is 95.6 Å². The lowest BCUT2D eigenvalue weighted by Gasteiger charge is -2.31. The Morgan fingerprint density at radius 3 is 2.42 bits per heavy atom. The van der Waals surface area contributed by atoms with Crippen LogP contribution in [0.4, 0.5) is 0 Å². The highest BCUT2D eigenvalue weighted by Crippen LogP contribution is 2.18. The van der Waals surface area contributed by atoms with Crippen LogP contribution in [-0.4, -0.2) is 43.7 Å². The average molecular weight is 289 g/mol. The van der Waals surface area contributed by atoms with Crippen LogP contribution in [0.2, 0.25) is 0 Å². The molecule has 7 nitrogen and oxygen atoms in total. The van der Waals surface area contributed by atoms with Crippen LogP contribution < -0.4 is 10.0 Å². The van der Waals surface area contributed by atoms with Gasteiger partial charge in [0.1, 0.15) is 6.04 Å². The van der Waals surface area contributed by atoms with Gasteiger partial charge in [0.15, 0.2) is 0 Å². The van der Waals surface area contributed by atoms with Crippen molar-refractivity contribution < 1.29 is 18.0 Å². The summed E-state index contributed by atoms with van der Waals surface area (Å²) in [7, 11) is -3.65. The van der Waals surface area contributed by atoms with Crippen molar-refractivity contribution in [2.24, 2.45) is 5.92 Å². The molecule has 2 aliphatic heterocycles. The van der Waals surface area contributed by atoms with E-state index in [1.807, 2.05) is 0 Å². The molecule has 0 aromatic heterocycles. The van der Waals surface area contributed by atoms with Crippen LogP contribution in [0.25, 0.3) is 0 Å². The molecule has 2 amide bonds. The summed E-state index contributed by atoms with van der Waals surface area (Å²) in [6.07, 6.45) is 2.04. The maximum atomic E-state index is 12.1. The van der Waals surface area contributed by atoms with Crippen LogP contribution in [0.3, 0.4) is 0 Å². The fourth-order valence-corrected chi connectivity index (χ4v) is 3.71. The minimum absolute atomic E-state index is 0.163. The number of nitrogens with one attached hydrogen (secondary N) is 2. The van der Waals surface area contributed by atoms with Crippen molar-refractivity contribution in [3.63, 3.8) is 0 Å². The molecule has 19 heavy (non-hydrogen) atoms. The third-order valence-corrected chi connectivity index (χ3v) is 5.24. The van der Waals surface area contributed by atoms with E-state index in [4.69, 9.17) is 0 Å². The highest BCUT2D eigenvalue weighted by Gasteiger charge is 2.33. The molecule has 2 fully saturated rings. The van der Waals surface area contributed by atoms with Crippen molar-refractivity contribution in [3.8, 4) is 0 Å². The van der Waals surface area contributed by atoms with Crippen LogP contribution in [0.5, 0.6) is 0 Å². The van der Waals surface area contributed by atoms with E-state index in [-0.39, 0.29) is 18.7 Å². The van der Waals surface area contributed by atoms with Gasteiger partial charge < -0.3 is 0 Å². The summed E-state index contributed by atoms with van der Waals surface area (Å²) in [4.78, 5) is 22.5. The normalized spacial score (nSPS) is 27.3. The molecule has 2 saturated heterocycles. The third kappa shape index (κ3) is 3.52. The molecule has 2 aliphatic rings. The molecule has 2 heterocycles. The van der Waals surface area contributed by atoms with Gasteiger partial charge in [-0.2, -0.15) is 17.4 Å². The van der Waals surface area contributed by atoms with Crippen LogP contribution >= 0.6 is 0 Å². The second-order valence-corrected chi connectivity index (χ2v) is 6.91. The van der Waals surface area contributed by atoms with Crippen molar-refractivity contribution in [2.45, 2.75) is 38.6 Å². The summed E-state index contributed by atoms with van der Waals surface area (Å²) in [5.74, 6) is -0.389. The van der Waals surface area contributed by atoms with Crippen molar-refractivity contribution in [3.05, 3.63) is 0 Å². The Morgan fingerprint density at radius 1 is 1.21 bits per heavy atom. The Hall–Kier alpha value is -0.990.